The summed E-state index contributed by atoms with van der Waals surface area (Å²) in [6.07, 6.45) is 1.64. The predicted octanol–water partition coefficient (Wildman–Crippen LogP) is 6.36. The van der Waals surface area contributed by atoms with Crippen molar-refractivity contribution in [2.45, 2.75) is 6.54 Å². The summed E-state index contributed by atoms with van der Waals surface area (Å²) >= 11 is 1.16. The highest BCUT2D eigenvalue weighted by Crippen LogP contribution is 2.39. The number of amidine groups is 1. The van der Waals surface area contributed by atoms with E-state index in [4.69, 9.17) is 19.2 Å². The van der Waals surface area contributed by atoms with Crippen LogP contribution in [0.3, 0.4) is 0 Å². The lowest BCUT2D eigenvalue weighted by Crippen LogP contribution is -2.28. The van der Waals surface area contributed by atoms with E-state index in [1.54, 1.807) is 67.8 Å². The van der Waals surface area contributed by atoms with Crippen LogP contribution in [0.5, 0.6) is 17.2 Å². The second-order valence-electron chi connectivity index (χ2n) is 9.82. The number of para-hydroxylation sites is 1. The number of halogens is 1. The van der Waals surface area contributed by atoms with Gasteiger partial charge in [0.1, 0.15) is 11.6 Å². The number of carboxylic acids is 1. The topological polar surface area (TPSA) is 127 Å². The first-order valence-electron chi connectivity index (χ1n) is 13.9. The Bertz CT molecular complexity index is 1810. The van der Waals surface area contributed by atoms with Crippen molar-refractivity contribution in [2.24, 2.45) is 4.99 Å². The highest BCUT2D eigenvalue weighted by molar-refractivity contribution is 8.18. The number of ether oxygens (including phenoxy) is 3. The minimum absolute atomic E-state index is 0.135. The third kappa shape index (κ3) is 7.71. The largest absolute Gasteiger partial charge is 0.497 e. The third-order valence-electron chi connectivity index (χ3n) is 6.72. The normalized spacial score (nSPS) is 14.4. The van der Waals surface area contributed by atoms with Crippen molar-refractivity contribution in [3.05, 3.63) is 118 Å². The molecule has 0 aromatic heterocycles. The number of rotatable bonds is 11. The number of anilines is 1. The monoisotopic (exact) mass is 641 g/mol. The number of nitrogens with one attached hydrogen (secondary N) is 1. The lowest BCUT2D eigenvalue weighted by atomic mass is 10.1. The minimum Gasteiger partial charge on any atom is -0.497 e. The highest BCUT2D eigenvalue weighted by Gasteiger charge is 2.34. The molecule has 0 atom stereocenters. The van der Waals surface area contributed by atoms with E-state index < -0.39 is 17.7 Å². The Labute approximate surface area is 268 Å². The van der Waals surface area contributed by atoms with Gasteiger partial charge < -0.3 is 24.6 Å². The van der Waals surface area contributed by atoms with Crippen molar-refractivity contribution in [1.82, 2.24) is 4.90 Å². The van der Waals surface area contributed by atoms with Crippen LogP contribution in [0.2, 0.25) is 0 Å². The Morgan fingerprint density at radius 1 is 0.957 bits per heavy atom. The van der Waals surface area contributed by atoms with Crippen molar-refractivity contribution in [2.75, 3.05) is 26.1 Å². The molecular weight excluding hydrogens is 613 g/mol. The summed E-state index contributed by atoms with van der Waals surface area (Å²) in [7, 11) is 3.03. The van der Waals surface area contributed by atoms with Gasteiger partial charge in [0.25, 0.3) is 11.8 Å². The fourth-order valence-corrected chi connectivity index (χ4v) is 5.39. The van der Waals surface area contributed by atoms with Gasteiger partial charge in [-0.05, 0) is 90.1 Å². The van der Waals surface area contributed by atoms with Gasteiger partial charge in [-0.25, -0.2) is 14.2 Å². The Morgan fingerprint density at radius 3 is 2.33 bits per heavy atom. The molecule has 0 bridgehead atoms. The molecular formula is C34H28FN3O7S. The zero-order chi connectivity index (χ0) is 32.6. The molecule has 0 spiro atoms. The van der Waals surface area contributed by atoms with Crippen LogP contribution in [0.25, 0.3) is 6.08 Å². The zero-order valence-corrected chi connectivity index (χ0v) is 25.5. The number of carbonyl (C=O) groups excluding carboxylic acids is 2. The number of aliphatic imine (C=N–C) groups is 1. The Morgan fingerprint density at radius 2 is 1.67 bits per heavy atom. The molecule has 234 valence electrons. The van der Waals surface area contributed by atoms with Crippen LogP contribution in [0.4, 0.5) is 15.8 Å². The maximum Gasteiger partial charge on any atom is 0.335 e. The van der Waals surface area contributed by atoms with E-state index in [1.807, 2.05) is 0 Å². The zero-order valence-electron chi connectivity index (χ0n) is 24.7. The number of hydrogen-bond donors (Lipinski definition) is 2. The van der Waals surface area contributed by atoms with E-state index >= 15 is 0 Å². The van der Waals surface area contributed by atoms with Gasteiger partial charge in [0.05, 0.1) is 36.9 Å². The summed E-state index contributed by atoms with van der Waals surface area (Å²) < 4.78 is 29.8. The van der Waals surface area contributed by atoms with E-state index in [2.05, 4.69) is 5.32 Å². The SMILES string of the molecule is COc1ccc(N=C2S/C(=C\c3cccc(OC)c3OCC(=O)Nc3ccc(F)cc3)C(=O)N2Cc2ccc(C(=O)O)cc2)cc1. The number of carboxylic acid groups (broad SMARTS) is 1. The average Bonchev–Trinajstić information content (AvgIpc) is 3.34. The molecule has 0 aliphatic carbocycles. The molecule has 2 N–H and O–H groups in total. The molecule has 1 heterocycles. The molecule has 10 nitrogen and oxygen atoms in total. The van der Waals surface area contributed by atoms with Crippen molar-refractivity contribution < 1.29 is 38.1 Å². The van der Waals surface area contributed by atoms with Gasteiger partial charge in [-0.15, -0.1) is 0 Å². The predicted molar refractivity (Wildman–Crippen MR) is 173 cm³/mol. The number of methoxy groups -OCH3 is 2. The molecule has 4 aromatic carbocycles. The number of amides is 2. The molecule has 1 aliphatic heterocycles. The molecule has 2 amide bonds. The summed E-state index contributed by atoms with van der Waals surface area (Å²) in [5, 5.41) is 12.3. The molecule has 5 rings (SSSR count). The van der Waals surface area contributed by atoms with Crippen molar-refractivity contribution in [3.63, 3.8) is 0 Å². The number of benzene rings is 4. The molecule has 1 fully saturated rings. The van der Waals surface area contributed by atoms with Gasteiger partial charge in [-0.2, -0.15) is 0 Å². The maximum absolute atomic E-state index is 13.8. The van der Waals surface area contributed by atoms with E-state index in [1.165, 1.54) is 48.4 Å². The standard InChI is InChI=1S/C34H28FN3O7S/c1-43-27-16-14-26(15-17-27)37-34-38(19-21-6-8-22(9-7-21)33(41)42)32(40)29(46-34)18-23-4-3-5-28(44-2)31(23)45-20-30(39)36-25-12-10-24(35)11-13-25/h3-18H,19-20H2,1-2H3,(H,36,39)(H,41,42)/b29-18-,37-34?. The maximum atomic E-state index is 13.8. The van der Waals surface area contributed by atoms with Gasteiger partial charge in [0.2, 0.25) is 0 Å². The van der Waals surface area contributed by atoms with Crippen LogP contribution in [0, 0.1) is 5.82 Å². The lowest BCUT2D eigenvalue weighted by Gasteiger charge is -2.16. The molecule has 46 heavy (non-hydrogen) atoms. The molecule has 0 saturated carbocycles. The first-order chi connectivity index (χ1) is 22.2. The van der Waals surface area contributed by atoms with Gasteiger partial charge in [0, 0.05) is 11.3 Å². The molecule has 4 aromatic rings. The van der Waals surface area contributed by atoms with Crippen LogP contribution in [0.1, 0.15) is 21.5 Å². The summed E-state index contributed by atoms with van der Waals surface area (Å²) in [6.45, 7) is -0.235. The number of hydrogen-bond acceptors (Lipinski definition) is 8. The van der Waals surface area contributed by atoms with Crippen molar-refractivity contribution >= 4 is 52.2 Å². The Balaban J connectivity index is 1.43. The van der Waals surface area contributed by atoms with Gasteiger partial charge >= 0.3 is 5.97 Å². The first-order valence-corrected chi connectivity index (χ1v) is 14.7. The first kappa shape index (κ1) is 31.8. The summed E-state index contributed by atoms with van der Waals surface area (Å²) in [6, 6.07) is 23.8. The summed E-state index contributed by atoms with van der Waals surface area (Å²) in [4.78, 5) is 44.3. The molecule has 0 unspecified atom stereocenters. The second kappa shape index (κ2) is 14.4. The fraction of sp³-hybridized carbons (Fsp3) is 0.118. The number of nitrogens with zero attached hydrogens (tertiary/aromatic N) is 2. The smallest absolute Gasteiger partial charge is 0.335 e. The highest BCUT2D eigenvalue weighted by atomic mass is 32.2. The average molecular weight is 642 g/mol. The van der Waals surface area contributed by atoms with Crippen molar-refractivity contribution in [1.29, 1.82) is 0 Å². The van der Waals surface area contributed by atoms with E-state index in [0.717, 1.165) is 11.8 Å². The van der Waals surface area contributed by atoms with Gasteiger partial charge in [-0.1, -0.05) is 24.3 Å². The quantitative estimate of drug-likeness (QED) is 0.181. The minimum atomic E-state index is -1.05. The van der Waals surface area contributed by atoms with Crippen LogP contribution < -0.4 is 19.5 Å². The van der Waals surface area contributed by atoms with E-state index in [-0.39, 0.29) is 30.4 Å². The summed E-state index contributed by atoms with van der Waals surface area (Å²) in [5.41, 5.74) is 2.34. The van der Waals surface area contributed by atoms with Crippen LogP contribution >= 0.6 is 11.8 Å². The Kier molecular flexibility index (Phi) is 9.98. The number of aromatic carboxylic acids is 1. The fourth-order valence-electron chi connectivity index (χ4n) is 4.40. The molecule has 12 heteroatoms. The van der Waals surface area contributed by atoms with E-state index in [0.29, 0.717) is 44.1 Å². The van der Waals surface area contributed by atoms with Crippen molar-refractivity contribution in [3.8, 4) is 17.2 Å². The lowest BCUT2D eigenvalue weighted by molar-refractivity contribution is -0.122. The molecule has 1 saturated heterocycles. The molecule has 1 aliphatic rings. The van der Waals surface area contributed by atoms with Crippen LogP contribution in [-0.2, 0) is 16.1 Å². The third-order valence-corrected chi connectivity index (χ3v) is 7.72. The van der Waals surface area contributed by atoms with Crippen LogP contribution in [-0.4, -0.2) is 53.8 Å². The van der Waals surface area contributed by atoms with E-state index in [9.17, 15) is 23.9 Å². The van der Waals surface area contributed by atoms with Gasteiger partial charge in [0.15, 0.2) is 23.3 Å². The van der Waals surface area contributed by atoms with Gasteiger partial charge in [-0.3, -0.25) is 14.5 Å². The Hall–Kier alpha value is -5.62. The summed E-state index contributed by atoms with van der Waals surface area (Å²) in [5.74, 6) is -1.02. The number of carbonyl (C=O) groups is 3. The second-order valence-corrected chi connectivity index (χ2v) is 10.8. The van der Waals surface area contributed by atoms with Crippen LogP contribution in [0.15, 0.2) is 101 Å². The molecule has 0 radical (unpaired) electrons. The number of thioether (sulfide) groups is 1.